The van der Waals surface area contributed by atoms with Crippen molar-refractivity contribution >= 4 is 11.6 Å². The highest BCUT2D eigenvalue weighted by molar-refractivity contribution is 6.04. The monoisotopic (exact) mass is 250 g/mol. The van der Waals surface area contributed by atoms with Crippen LogP contribution < -0.4 is 5.32 Å². The first-order valence-corrected chi connectivity index (χ1v) is 6.14. The highest BCUT2D eigenvalue weighted by Gasteiger charge is 2.08. The lowest BCUT2D eigenvalue weighted by Crippen LogP contribution is -2.13. The second-order valence-corrected chi connectivity index (χ2v) is 4.16. The molecule has 94 valence electrons. The van der Waals surface area contributed by atoms with E-state index in [0.29, 0.717) is 11.1 Å². The Balaban J connectivity index is 2.23. The van der Waals surface area contributed by atoms with Crippen LogP contribution in [0.2, 0.25) is 0 Å². The van der Waals surface area contributed by atoms with Crippen molar-refractivity contribution < 1.29 is 4.79 Å². The molecule has 0 aliphatic rings. The molecule has 0 aliphatic heterocycles. The third-order valence-corrected chi connectivity index (χ3v) is 2.90. The number of hydrogen-bond donors (Lipinski definition) is 1. The van der Waals surface area contributed by atoms with E-state index in [2.05, 4.69) is 5.32 Å². The van der Waals surface area contributed by atoms with Crippen LogP contribution in [0.4, 0.5) is 5.69 Å². The van der Waals surface area contributed by atoms with Gasteiger partial charge in [-0.15, -0.1) is 0 Å². The number of amides is 1. The molecule has 1 N–H and O–H groups in total. The summed E-state index contributed by atoms with van der Waals surface area (Å²) in [6.45, 7) is 2.04. The minimum atomic E-state index is -0.196. The zero-order valence-electron chi connectivity index (χ0n) is 10.7. The first kappa shape index (κ1) is 12.8. The molecular formula is C16H14N2O. The molecule has 0 unspecified atom stereocenters. The second-order valence-electron chi connectivity index (χ2n) is 4.16. The lowest BCUT2D eigenvalue weighted by molar-refractivity contribution is 0.102. The Hall–Kier alpha value is -2.60. The number of benzene rings is 2. The fourth-order valence-electron chi connectivity index (χ4n) is 1.88. The lowest BCUT2D eigenvalue weighted by atomic mass is 10.1. The molecule has 0 heterocycles. The van der Waals surface area contributed by atoms with Crippen LogP contribution in [-0.2, 0) is 6.42 Å². The molecular weight excluding hydrogens is 236 g/mol. The highest BCUT2D eigenvalue weighted by atomic mass is 16.1. The Morgan fingerprint density at radius 3 is 2.74 bits per heavy atom. The van der Waals surface area contributed by atoms with Gasteiger partial charge in [-0.1, -0.05) is 31.2 Å². The summed E-state index contributed by atoms with van der Waals surface area (Å²) in [5.41, 5.74) is 2.88. The van der Waals surface area contributed by atoms with Crippen molar-refractivity contribution in [2.75, 3.05) is 5.32 Å². The van der Waals surface area contributed by atoms with Crippen molar-refractivity contribution in [2.24, 2.45) is 0 Å². The zero-order chi connectivity index (χ0) is 13.7. The van der Waals surface area contributed by atoms with Gasteiger partial charge in [0.05, 0.1) is 11.6 Å². The minimum Gasteiger partial charge on any atom is -0.322 e. The van der Waals surface area contributed by atoms with Crippen molar-refractivity contribution in [2.45, 2.75) is 13.3 Å². The molecule has 0 radical (unpaired) electrons. The van der Waals surface area contributed by atoms with E-state index >= 15 is 0 Å². The molecule has 2 aromatic rings. The maximum atomic E-state index is 12.1. The lowest BCUT2D eigenvalue weighted by Gasteiger charge is -2.09. The maximum absolute atomic E-state index is 12.1. The molecule has 0 aromatic heterocycles. The minimum absolute atomic E-state index is 0.196. The number of rotatable bonds is 3. The summed E-state index contributed by atoms with van der Waals surface area (Å²) in [5.74, 6) is -0.196. The van der Waals surface area contributed by atoms with E-state index in [9.17, 15) is 4.79 Å². The van der Waals surface area contributed by atoms with Gasteiger partial charge < -0.3 is 5.32 Å². The number of nitrogens with zero attached hydrogens (tertiary/aromatic N) is 1. The number of aryl methyl sites for hydroxylation is 1. The fraction of sp³-hybridized carbons (Fsp3) is 0.125. The van der Waals surface area contributed by atoms with Gasteiger partial charge in [-0.05, 0) is 36.2 Å². The zero-order valence-corrected chi connectivity index (χ0v) is 10.7. The van der Waals surface area contributed by atoms with Gasteiger partial charge in [-0.25, -0.2) is 0 Å². The molecule has 2 aromatic carbocycles. The molecule has 3 heteroatoms. The second kappa shape index (κ2) is 5.83. The van der Waals surface area contributed by atoms with Gasteiger partial charge in [0.1, 0.15) is 0 Å². The SMILES string of the molecule is CCc1ccccc1NC(=O)c1cccc(C#N)c1. The first-order chi connectivity index (χ1) is 9.24. The van der Waals surface area contributed by atoms with Crippen LogP contribution in [0, 0.1) is 11.3 Å². The molecule has 0 saturated carbocycles. The fourth-order valence-corrected chi connectivity index (χ4v) is 1.88. The van der Waals surface area contributed by atoms with Crippen molar-refractivity contribution in [1.82, 2.24) is 0 Å². The number of nitrogens with one attached hydrogen (secondary N) is 1. The standard InChI is InChI=1S/C16H14N2O/c1-2-13-7-3-4-9-15(13)18-16(19)14-8-5-6-12(10-14)11-17/h3-10H,2H2,1H3,(H,18,19). The van der Waals surface area contributed by atoms with Crippen LogP contribution in [-0.4, -0.2) is 5.91 Å². The van der Waals surface area contributed by atoms with Gasteiger partial charge >= 0.3 is 0 Å². The van der Waals surface area contributed by atoms with E-state index in [1.54, 1.807) is 24.3 Å². The molecule has 19 heavy (non-hydrogen) atoms. The average Bonchev–Trinajstić information content (AvgIpc) is 2.47. The van der Waals surface area contributed by atoms with Gasteiger partial charge in [0.15, 0.2) is 0 Å². The average molecular weight is 250 g/mol. The quantitative estimate of drug-likeness (QED) is 0.908. The third kappa shape index (κ3) is 2.99. The summed E-state index contributed by atoms with van der Waals surface area (Å²) in [6.07, 6.45) is 0.856. The number of para-hydroxylation sites is 1. The number of nitriles is 1. The van der Waals surface area contributed by atoms with Gasteiger partial charge in [0, 0.05) is 11.3 Å². The predicted octanol–water partition coefficient (Wildman–Crippen LogP) is 3.37. The van der Waals surface area contributed by atoms with E-state index in [0.717, 1.165) is 17.7 Å². The molecule has 0 atom stereocenters. The van der Waals surface area contributed by atoms with Gasteiger partial charge in [0.2, 0.25) is 0 Å². The molecule has 0 saturated heterocycles. The molecule has 0 aliphatic carbocycles. The van der Waals surface area contributed by atoms with Gasteiger partial charge in [-0.3, -0.25) is 4.79 Å². The van der Waals surface area contributed by atoms with Crippen LogP contribution >= 0.6 is 0 Å². The van der Waals surface area contributed by atoms with Crippen molar-refractivity contribution in [1.29, 1.82) is 5.26 Å². The molecule has 0 fully saturated rings. The topological polar surface area (TPSA) is 52.9 Å². The molecule has 2 rings (SSSR count). The number of hydrogen-bond acceptors (Lipinski definition) is 2. The molecule has 0 spiro atoms. The largest absolute Gasteiger partial charge is 0.322 e. The Bertz CT molecular complexity index is 641. The maximum Gasteiger partial charge on any atom is 0.255 e. The third-order valence-electron chi connectivity index (χ3n) is 2.90. The Morgan fingerprint density at radius 1 is 1.21 bits per heavy atom. The Kier molecular flexibility index (Phi) is 3.94. The van der Waals surface area contributed by atoms with Crippen LogP contribution in [0.1, 0.15) is 28.4 Å². The summed E-state index contributed by atoms with van der Waals surface area (Å²) in [7, 11) is 0. The van der Waals surface area contributed by atoms with Gasteiger partial charge in [0.25, 0.3) is 5.91 Å². The van der Waals surface area contributed by atoms with Crippen molar-refractivity contribution in [3.05, 3.63) is 65.2 Å². The Labute approximate surface area is 112 Å². The normalized spacial score (nSPS) is 9.68. The summed E-state index contributed by atoms with van der Waals surface area (Å²) in [5, 5.41) is 11.7. The molecule has 0 bridgehead atoms. The van der Waals surface area contributed by atoms with Gasteiger partial charge in [-0.2, -0.15) is 5.26 Å². The number of carbonyl (C=O) groups is 1. The van der Waals surface area contributed by atoms with E-state index in [1.165, 1.54) is 0 Å². The van der Waals surface area contributed by atoms with Crippen molar-refractivity contribution in [3.63, 3.8) is 0 Å². The summed E-state index contributed by atoms with van der Waals surface area (Å²) < 4.78 is 0. The number of carbonyl (C=O) groups excluding carboxylic acids is 1. The van der Waals surface area contributed by atoms with Crippen LogP contribution in [0.15, 0.2) is 48.5 Å². The van der Waals surface area contributed by atoms with E-state index in [-0.39, 0.29) is 5.91 Å². The van der Waals surface area contributed by atoms with E-state index in [4.69, 9.17) is 5.26 Å². The summed E-state index contributed by atoms with van der Waals surface area (Å²) in [6, 6.07) is 16.4. The van der Waals surface area contributed by atoms with Crippen LogP contribution in [0.5, 0.6) is 0 Å². The highest BCUT2D eigenvalue weighted by Crippen LogP contribution is 2.16. The number of anilines is 1. The van der Waals surface area contributed by atoms with E-state index < -0.39 is 0 Å². The first-order valence-electron chi connectivity index (χ1n) is 6.14. The van der Waals surface area contributed by atoms with Crippen molar-refractivity contribution in [3.8, 4) is 6.07 Å². The summed E-state index contributed by atoms with van der Waals surface area (Å²) in [4.78, 5) is 12.1. The predicted molar refractivity (Wildman–Crippen MR) is 74.9 cm³/mol. The van der Waals surface area contributed by atoms with Crippen LogP contribution in [0.3, 0.4) is 0 Å². The smallest absolute Gasteiger partial charge is 0.255 e. The van der Waals surface area contributed by atoms with Crippen LogP contribution in [0.25, 0.3) is 0 Å². The molecule has 3 nitrogen and oxygen atoms in total. The van der Waals surface area contributed by atoms with E-state index in [1.807, 2.05) is 37.3 Å². The summed E-state index contributed by atoms with van der Waals surface area (Å²) >= 11 is 0. The molecule has 1 amide bonds. The Morgan fingerprint density at radius 2 is 2.00 bits per heavy atom.